The maximum Gasteiger partial charge on any atom is 0.190 e. The first-order valence-electron chi connectivity index (χ1n) is 6.09. The monoisotopic (exact) mass is 257 g/mol. The van der Waals surface area contributed by atoms with E-state index in [-0.39, 0.29) is 18.3 Å². The van der Waals surface area contributed by atoms with Gasteiger partial charge in [0.1, 0.15) is 0 Å². The van der Waals surface area contributed by atoms with Crippen molar-refractivity contribution in [1.82, 2.24) is 0 Å². The van der Waals surface area contributed by atoms with Crippen LogP contribution in [0.3, 0.4) is 0 Å². The molecule has 1 aromatic carbocycles. The highest BCUT2D eigenvalue weighted by molar-refractivity contribution is 5.31. The fourth-order valence-electron chi connectivity index (χ4n) is 1.98. The lowest BCUT2D eigenvalue weighted by Gasteiger charge is -2.12. The van der Waals surface area contributed by atoms with Crippen molar-refractivity contribution >= 4 is 0 Å². The summed E-state index contributed by atoms with van der Waals surface area (Å²) in [5.74, 6) is -1.43. The Hall–Kier alpha value is -1.20. The zero-order chi connectivity index (χ0) is 13.0. The molecule has 3 nitrogen and oxygen atoms in total. The van der Waals surface area contributed by atoms with Crippen LogP contribution in [0.2, 0.25) is 0 Å². The Bertz CT molecular complexity index is 383. The first-order chi connectivity index (χ1) is 8.70. The largest absolute Gasteiger partial charge is 0.487 e. The molecule has 2 N–H and O–H groups in total. The van der Waals surface area contributed by atoms with Gasteiger partial charge in [-0.05, 0) is 37.1 Å². The van der Waals surface area contributed by atoms with Gasteiger partial charge in [-0.25, -0.2) is 8.78 Å². The van der Waals surface area contributed by atoms with Crippen LogP contribution in [0.5, 0.6) is 5.75 Å². The SMILES string of the molecule is NCCc1cc(F)c(OCC2CCOC2)c(F)c1. The van der Waals surface area contributed by atoms with E-state index in [1.165, 1.54) is 12.1 Å². The lowest BCUT2D eigenvalue weighted by atomic mass is 10.1. The minimum Gasteiger partial charge on any atom is -0.487 e. The van der Waals surface area contributed by atoms with Gasteiger partial charge in [-0.1, -0.05) is 0 Å². The van der Waals surface area contributed by atoms with E-state index in [1.54, 1.807) is 0 Å². The molecule has 0 aliphatic carbocycles. The van der Waals surface area contributed by atoms with Gasteiger partial charge in [0, 0.05) is 12.5 Å². The molecule has 0 saturated carbocycles. The molecule has 1 aliphatic heterocycles. The molecule has 1 atom stereocenters. The molecular formula is C13H17F2NO2. The number of hydrogen-bond donors (Lipinski definition) is 1. The Kier molecular flexibility index (Phi) is 4.49. The van der Waals surface area contributed by atoms with Crippen LogP contribution in [0.15, 0.2) is 12.1 Å². The number of ether oxygens (including phenoxy) is 2. The van der Waals surface area contributed by atoms with Crippen LogP contribution in [-0.4, -0.2) is 26.4 Å². The molecule has 1 aliphatic rings. The summed E-state index contributed by atoms with van der Waals surface area (Å²) in [4.78, 5) is 0. The molecule has 5 heteroatoms. The molecule has 0 spiro atoms. The molecule has 100 valence electrons. The predicted molar refractivity (Wildman–Crippen MR) is 63.5 cm³/mol. The van der Waals surface area contributed by atoms with Crippen LogP contribution in [0.25, 0.3) is 0 Å². The first kappa shape index (κ1) is 13.2. The molecule has 0 aromatic heterocycles. The fourth-order valence-corrected chi connectivity index (χ4v) is 1.98. The molecule has 2 rings (SSSR count). The molecular weight excluding hydrogens is 240 g/mol. The van der Waals surface area contributed by atoms with E-state index < -0.39 is 11.6 Å². The Balaban J connectivity index is 2.02. The van der Waals surface area contributed by atoms with Crippen LogP contribution >= 0.6 is 0 Å². The van der Waals surface area contributed by atoms with Gasteiger partial charge in [0.2, 0.25) is 0 Å². The highest BCUT2D eigenvalue weighted by atomic mass is 19.1. The molecule has 1 aromatic rings. The third kappa shape index (κ3) is 3.17. The van der Waals surface area contributed by atoms with Gasteiger partial charge in [-0.2, -0.15) is 0 Å². The standard InChI is InChI=1S/C13H17F2NO2/c14-11-5-9(1-3-16)6-12(15)13(11)18-8-10-2-4-17-7-10/h5-6,10H,1-4,7-8,16H2. The van der Waals surface area contributed by atoms with E-state index in [9.17, 15) is 8.78 Å². The summed E-state index contributed by atoms with van der Waals surface area (Å²) in [5, 5.41) is 0. The van der Waals surface area contributed by atoms with Crippen molar-refractivity contribution in [2.75, 3.05) is 26.4 Å². The lowest BCUT2D eigenvalue weighted by molar-refractivity contribution is 0.163. The van der Waals surface area contributed by atoms with Crippen molar-refractivity contribution in [2.24, 2.45) is 11.7 Å². The number of nitrogens with two attached hydrogens (primary N) is 1. The van der Waals surface area contributed by atoms with Gasteiger partial charge in [-0.3, -0.25) is 0 Å². The van der Waals surface area contributed by atoms with Crippen molar-refractivity contribution in [2.45, 2.75) is 12.8 Å². The van der Waals surface area contributed by atoms with Gasteiger partial charge < -0.3 is 15.2 Å². The Labute approximate surface area is 105 Å². The third-order valence-electron chi connectivity index (χ3n) is 2.98. The van der Waals surface area contributed by atoms with Gasteiger partial charge in [0.05, 0.1) is 13.2 Å². The van der Waals surface area contributed by atoms with E-state index in [0.717, 1.165) is 6.42 Å². The highest BCUT2D eigenvalue weighted by Gasteiger charge is 2.19. The zero-order valence-corrected chi connectivity index (χ0v) is 10.1. The molecule has 18 heavy (non-hydrogen) atoms. The number of rotatable bonds is 5. The predicted octanol–water partition coefficient (Wildman–Crippen LogP) is 1.88. The first-order valence-corrected chi connectivity index (χ1v) is 6.09. The second kappa shape index (κ2) is 6.11. The summed E-state index contributed by atoms with van der Waals surface area (Å²) < 4.78 is 37.7. The summed E-state index contributed by atoms with van der Waals surface area (Å²) in [6.07, 6.45) is 1.32. The average molecular weight is 257 g/mol. The molecule has 0 bridgehead atoms. The van der Waals surface area contributed by atoms with E-state index in [4.69, 9.17) is 15.2 Å². The van der Waals surface area contributed by atoms with E-state index >= 15 is 0 Å². The van der Waals surface area contributed by atoms with Gasteiger partial charge >= 0.3 is 0 Å². The maximum atomic E-state index is 13.7. The van der Waals surface area contributed by atoms with Crippen molar-refractivity contribution in [3.05, 3.63) is 29.3 Å². The number of halogens is 2. The summed E-state index contributed by atoms with van der Waals surface area (Å²) in [5.41, 5.74) is 5.90. The summed E-state index contributed by atoms with van der Waals surface area (Å²) >= 11 is 0. The van der Waals surface area contributed by atoms with E-state index in [1.807, 2.05) is 0 Å². The lowest BCUT2D eigenvalue weighted by Crippen LogP contribution is -2.13. The minimum atomic E-state index is -0.669. The summed E-state index contributed by atoms with van der Waals surface area (Å²) in [6.45, 7) is 1.92. The normalized spacial score (nSPS) is 19.2. The fraction of sp³-hybridized carbons (Fsp3) is 0.538. The molecule has 1 unspecified atom stereocenters. The van der Waals surface area contributed by atoms with Crippen molar-refractivity contribution < 1.29 is 18.3 Å². The third-order valence-corrected chi connectivity index (χ3v) is 2.98. The van der Waals surface area contributed by atoms with Gasteiger partial charge in [-0.15, -0.1) is 0 Å². The van der Waals surface area contributed by atoms with E-state index in [0.29, 0.717) is 31.7 Å². The zero-order valence-electron chi connectivity index (χ0n) is 10.1. The second-order valence-corrected chi connectivity index (χ2v) is 4.47. The van der Waals surface area contributed by atoms with Crippen LogP contribution in [0.4, 0.5) is 8.78 Å². The quantitative estimate of drug-likeness (QED) is 0.876. The summed E-state index contributed by atoms with van der Waals surface area (Å²) in [7, 11) is 0. The molecule has 1 fully saturated rings. The molecule has 0 amide bonds. The molecule has 1 saturated heterocycles. The highest BCUT2D eigenvalue weighted by Crippen LogP contribution is 2.25. The molecule has 1 heterocycles. The maximum absolute atomic E-state index is 13.7. The molecule has 0 radical (unpaired) electrons. The van der Waals surface area contributed by atoms with Crippen LogP contribution in [-0.2, 0) is 11.2 Å². The topological polar surface area (TPSA) is 44.5 Å². The van der Waals surface area contributed by atoms with Crippen LogP contribution in [0.1, 0.15) is 12.0 Å². The number of benzene rings is 1. The van der Waals surface area contributed by atoms with Crippen molar-refractivity contribution in [3.8, 4) is 5.75 Å². The van der Waals surface area contributed by atoms with Crippen LogP contribution in [0, 0.1) is 17.6 Å². The smallest absolute Gasteiger partial charge is 0.190 e. The van der Waals surface area contributed by atoms with Crippen molar-refractivity contribution in [1.29, 1.82) is 0 Å². The Morgan fingerprint density at radius 2 is 2.06 bits per heavy atom. The minimum absolute atomic E-state index is 0.215. The number of hydrogen-bond acceptors (Lipinski definition) is 3. The van der Waals surface area contributed by atoms with Crippen LogP contribution < -0.4 is 10.5 Å². The van der Waals surface area contributed by atoms with Gasteiger partial charge in [0.25, 0.3) is 0 Å². The Morgan fingerprint density at radius 3 is 2.61 bits per heavy atom. The Morgan fingerprint density at radius 1 is 1.33 bits per heavy atom. The van der Waals surface area contributed by atoms with Gasteiger partial charge in [0.15, 0.2) is 17.4 Å². The second-order valence-electron chi connectivity index (χ2n) is 4.47. The van der Waals surface area contributed by atoms with E-state index in [2.05, 4.69) is 0 Å². The average Bonchev–Trinajstić information content (AvgIpc) is 2.81. The van der Waals surface area contributed by atoms with Crippen molar-refractivity contribution in [3.63, 3.8) is 0 Å². The summed E-state index contributed by atoms with van der Waals surface area (Å²) in [6, 6.07) is 2.55.